The van der Waals surface area contributed by atoms with E-state index in [1.54, 1.807) is 0 Å². The fourth-order valence-electron chi connectivity index (χ4n) is 4.13. The van der Waals surface area contributed by atoms with Gasteiger partial charge in [-0.3, -0.25) is 4.79 Å². The summed E-state index contributed by atoms with van der Waals surface area (Å²) in [6.07, 6.45) is 4.15. The van der Waals surface area contributed by atoms with Gasteiger partial charge in [-0.2, -0.15) is 0 Å². The number of aryl methyl sites for hydroxylation is 2. The van der Waals surface area contributed by atoms with Gasteiger partial charge >= 0.3 is 0 Å². The Kier molecular flexibility index (Phi) is 5.25. The van der Waals surface area contributed by atoms with Gasteiger partial charge in [0.2, 0.25) is 0 Å². The lowest BCUT2D eigenvalue weighted by atomic mass is 9.83. The molecule has 0 aromatic heterocycles. The van der Waals surface area contributed by atoms with Gasteiger partial charge in [0, 0.05) is 17.4 Å². The molecule has 2 atom stereocenters. The molecular formula is C27H26O. The maximum atomic E-state index is 13.4. The lowest BCUT2D eigenvalue weighted by Gasteiger charge is -2.19. The van der Waals surface area contributed by atoms with Gasteiger partial charge in [-0.1, -0.05) is 97.4 Å². The van der Waals surface area contributed by atoms with E-state index in [-0.39, 0.29) is 17.6 Å². The van der Waals surface area contributed by atoms with Crippen LogP contribution in [-0.4, -0.2) is 5.78 Å². The molecule has 0 spiro atoms. The first-order valence-electron chi connectivity index (χ1n) is 10.1. The molecule has 0 saturated heterocycles. The van der Waals surface area contributed by atoms with Crippen LogP contribution >= 0.6 is 0 Å². The van der Waals surface area contributed by atoms with Crippen LogP contribution in [0.5, 0.6) is 0 Å². The molecule has 28 heavy (non-hydrogen) atoms. The Labute approximate surface area is 167 Å². The van der Waals surface area contributed by atoms with E-state index in [2.05, 4.69) is 68.5 Å². The highest BCUT2D eigenvalue weighted by molar-refractivity contribution is 6.01. The summed E-state index contributed by atoms with van der Waals surface area (Å²) in [5, 5.41) is 0. The van der Waals surface area contributed by atoms with Crippen molar-refractivity contribution in [3.63, 3.8) is 0 Å². The number of carbonyl (C=O) groups excluding carboxylic acids is 1. The summed E-state index contributed by atoms with van der Waals surface area (Å²) in [6, 6.07) is 27.2. The average molecular weight is 367 g/mol. The van der Waals surface area contributed by atoms with Crippen LogP contribution in [0.3, 0.4) is 0 Å². The summed E-state index contributed by atoms with van der Waals surface area (Å²) in [5.41, 5.74) is 7.07. The van der Waals surface area contributed by atoms with E-state index in [1.807, 2.05) is 30.3 Å². The van der Waals surface area contributed by atoms with E-state index in [9.17, 15) is 4.79 Å². The number of hydrogen-bond acceptors (Lipinski definition) is 1. The molecule has 0 bridgehead atoms. The van der Waals surface area contributed by atoms with Crippen molar-refractivity contribution in [2.24, 2.45) is 5.92 Å². The van der Waals surface area contributed by atoms with Crippen molar-refractivity contribution in [3.05, 3.63) is 113 Å². The molecule has 1 unspecified atom stereocenters. The molecule has 3 aromatic rings. The molecule has 1 aliphatic rings. The second kappa shape index (κ2) is 7.98. The van der Waals surface area contributed by atoms with E-state index in [0.29, 0.717) is 0 Å². The topological polar surface area (TPSA) is 17.1 Å². The van der Waals surface area contributed by atoms with Crippen LogP contribution in [0.25, 0.3) is 5.57 Å². The number of hydrogen-bond donors (Lipinski definition) is 0. The van der Waals surface area contributed by atoms with Crippen molar-refractivity contribution in [1.29, 1.82) is 0 Å². The number of rotatable bonds is 5. The van der Waals surface area contributed by atoms with E-state index in [4.69, 9.17) is 0 Å². The van der Waals surface area contributed by atoms with Crippen LogP contribution in [-0.2, 0) is 6.42 Å². The molecule has 4 rings (SSSR count). The fourth-order valence-corrected chi connectivity index (χ4v) is 4.13. The Morgan fingerprint density at radius 2 is 1.57 bits per heavy atom. The highest BCUT2D eigenvalue weighted by Crippen LogP contribution is 2.44. The van der Waals surface area contributed by atoms with Crippen LogP contribution in [0.1, 0.15) is 51.9 Å². The van der Waals surface area contributed by atoms with Crippen molar-refractivity contribution < 1.29 is 4.79 Å². The summed E-state index contributed by atoms with van der Waals surface area (Å²) in [6.45, 7) is 4.22. The zero-order valence-electron chi connectivity index (χ0n) is 16.6. The molecule has 1 aliphatic carbocycles. The van der Waals surface area contributed by atoms with Gasteiger partial charge in [0.25, 0.3) is 0 Å². The monoisotopic (exact) mass is 366 g/mol. The molecule has 0 heterocycles. The Hall–Kier alpha value is -2.93. The SMILES string of the molecule is CCc1ccc(C2=CC(C(=O)c3ccc(C)cc3)[C@H](c3ccccc3)C2)cc1. The second-order valence-electron chi connectivity index (χ2n) is 7.72. The molecule has 1 nitrogen and oxygen atoms in total. The van der Waals surface area contributed by atoms with Crippen LogP contribution in [0, 0.1) is 12.8 Å². The predicted octanol–water partition coefficient (Wildman–Crippen LogP) is 6.63. The molecule has 0 aliphatic heterocycles. The van der Waals surface area contributed by atoms with Crippen molar-refractivity contribution in [2.75, 3.05) is 0 Å². The summed E-state index contributed by atoms with van der Waals surface area (Å²) in [5.74, 6) is 0.288. The third-order valence-corrected chi connectivity index (χ3v) is 5.85. The Morgan fingerprint density at radius 1 is 0.893 bits per heavy atom. The molecule has 0 saturated carbocycles. The van der Waals surface area contributed by atoms with Crippen LogP contribution in [0.15, 0.2) is 84.9 Å². The van der Waals surface area contributed by atoms with Gasteiger partial charge in [-0.25, -0.2) is 0 Å². The van der Waals surface area contributed by atoms with Crippen molar-refractivity contribution >= 4 is 11.4 Å². The summed E-state index contributed by atoms with van der Waals surface area (Å²) in [4.78, 5) is 13.4. The van der Waals surface area contributed by atoms with Gasteiger partial charge in [0.15, 0.2) is 5.78 Å². The zero-order valence-corrected chi connectivity index (χ0v) is 16.6. The highest BCUT2D eigenvalue weighted by atomic mass is 16.1. The van der Waals surface area contributed by atoms with Crippen LogP contribution in [0.4, 0.5) is 0 Å². The smallest absolute Gasteiger partial charge is 0.170 e. The summed E-state index contributed by atoms with van der Waals surface area (Å²) < 4.78 is 0. The van der Waals surface area contributed by atoms with E-state index in [0.717, 1.165) is 18.4 Å². The van der Waals surface area contributed by atoms with Crippen LogP contribution in [0.2, 0.25) is 0 Å². The average Bonchev–Trinajstić information content (AvgIpc) is 3.20. The standard InChI is InChI=1S/C27H26O/c1-3-20-11-15-21(16-12-20)24-17-25(22-7-5-4-6-8-22)26(18-24)27(28)23-13-9-19(2)10-14-23/h4-16,18,25-26H,3,17H2,1-2H3/t25-,26?/m0/s1. The lowest BCUT2D eigenvalue weighted by Crippen LogP contribution is -2.17. The van der Waals surface area contributed by atoms with Crippen molar-refractivity contribution in [3.8, 4) is 0 Å². The Balaban J connectivity index is 1.70. The van der Waals surface area contributed by atoms with E-state index < -0.39 is 0 Å². The van der Waals surface area contributed by atoms with Crippen LogP contribution < -0.4 is 0 Å². The fraction of sp³-hybridized carbons (Fsp3) is 0.222. The number of allylic oxidation sites excluding steroid dienone is 2. The van der Waals surface area contributed by atoms with Gasteiger partial charge in [0.1, 0.15) is 0 Å². The number of ketones is 1. The first kappa shape index (κ1) is 18.4. The number of carbonyl (C=O) groups is 1. The molecule has 140 valence electrons. The highest BCUT2D eigenvalue weighted by Gasteiger charge is 2.34. The third kappa shape index (κ3) is 3.71. The molecule has 1 heteroatoms. The first-order chi connectivity index (χ1) is 13.7. The summed E-state index contributed by atoms with van der Waals surface area (Å²) in [7, 11) is 0. The lowest BCUT2D eigenvalue weighted by molar-refractivity contribution is 0.0935. The van der Waals surface area contributed by atoms with E-state index in [1.165, 1.54) is 27.8 Å². The molecular weight excluding hydrogens is 340 g/mol. The quantitative estimate of drug-likeness (QED) is 0.463. The number of Topliss-reactive ketones (excluding diaryl/α,β-unsaturated/α-hetero) is 1. The molecule has 3 aromatic carbocycles. The minimum Gasteiger partial charge on any atom is -0.293 e. The largest absolute Gasteiger partial charge is 0.293 e. The molecule has 0 N–H and O–H groups in total. The maximum Gasteiger partial charge on any atom is 0.170 e. The van der Waals surface area contributed by atoms with Gasteiger partial charge in [0.05, 0.1) is 0 Å². The predicted molar refractivity (Wildman–Crippen MR) is 117 cm³/mol. The van der Waals surface area contributed by atoms with Gasteiger partial charge < -0.3 is 0 Å². The second-order valence-corrected chi connectivity index (χ2v) is 7.72. The number of benzene rings is 3. The maximum absolute atomic E-state index is 13.4. The Bertz CT molecular complexity index is 979. The molecule has 0 radical (unpaired) electrons. The van der Waals surface area contributed by atoms with Gasteiger partial charge in [-0.15, -0.1) is 0 Å². The van der Waals surface area contributed by atoms with E-state index >= 15 is 0 Å². The zero-order chi connectivity index (χ0) is 19.5. The molecule has 0 fully saturated rings. The van der Waals surface area contributed by atoms with Crippen molar-refractivity contribution in [1.82, 2.24) is 0 Å². The molecule has 0 amide bonds. The van der Waals surface area contributed by atoms with Crippen molar-refractivity contribution in [2.45, 2.75) is 32.6 Å². The first-order valence-corrected chi connectivity index (χ1v) is 10.1. The third-order valence-electron chi connectivity index (χ3n) is 5.85. The minimum absolute atomic E-state index is 0.119. The normalized spacial score (nSPS) is 18.7. The minimum atomic E-state index is -0.119. The Morgan fingerprint density at radius 3 is 2.21 bits per heavy atom. The summed E-state index contributed by atoms with van der Waals surface area (Å²) >= 11 is 0. The van der Waals surface area contributed by atoms with Gasteiger partial charge in [-0.05, 0) is 42.0 Å².